The number of hydrogen-bond acceptors (Lipinski definition) is 5. The number of nitrogens with zero attached hydrogens (tertiary/aromatic N) is 1. The van der Waals surface area contributed by atoms with Crippen LogP contribution in [-0.2, 0) is 0 Å². The highest BCUT2D eigenvalue weighted by Crippen LogP contribution is 2.38. The van der Waals surface area contributed by atoms with Gasteiger partial charge in [-0.25, -0.2) is 0 Å². The van der Waals surface area contributed by atoms with Gasteiger partial charge < -0.3 is 25.5 Å². The number of benzene rings is 2. The van der Waals surface area contributed by atoms with Crippen LogP contribution < -0.4 is 20.5 Å². The molecule has 1 aliphatic carbocycles. The monoisotopic (exact) mass is 374 g/mol. The Labute approximate surface area is 162 Å². The van der Waals surface area contributed by atoms with Gasteiger partial charge in [0.1, 0.15) is 6.61 Å². The van der Waals surface area contributed by atoms with Gasteiger partial charge in [0, 0.05) is 46.1 Å². The fraction of sp³-hybridized carbons (Fsp3) is 0.227. The van der Waals surface area contributed by atoms with Gasteiger partial charge in [-0.2, -0.15) is 0 Å². The Morgan fingerprint density at radius 2 is 2.04 bits per heavy atom. The Hall–Kier alpha value is -3.25. The molecule has 4 aromatic rings. The fourth-order valence-electron chi connectivity index (χ4n) is 3.35. The van der Waals surface area contributed by atoms with E-state index in [4.69, 9.17) is 15.2 Å². The molecule has 6 heteroatoms. The van der Waals surface area contributed by atoms with Crippen molar-refractivity contribution < 1.29 is 9.47 Å². The quantitative estimate of drug-likeness (QED) is 0.467. The van der Waals surface area contributed by atoms with Crippen LogP contribution in [0.4, 0.5) is 11.4 Å². The molecule has 6 nitrogen and oxygen atoms in total. The second kappa shape index (κ2) is 6.42. The highest BCUT2D eigenvalue weighted by Gasteiger charge is 2.39. The van der Waals surface area contributed by atoms with E-state index in [1.165, 1.54) is 0 Å². The number of methoxy groups -OCH3 is 1. The SMILES string of the molecule is COc1cc2c(Nc3ccc4[nH]ccc4c3)ccnc2cc1OCC1(N)CC1. The number of hydrogen-bond donors (Lipinski definition) is 3. The third kappa shape index (κ3) is 3.12. The fourth-order valence-corrected chi connectivity index (χ4v) is 3.35. The predicted molar refractivity (Wildman–Crippen MR) is 112 cm³/mol. The van der Waals surface area contributed by atoms with E-state index in [0.717, 1.165) is 46.0 Å². The lowest BCUT2D eigenvalue weighted by atomic mass is 10.1. The minimum Gasteiger partial charge on any atom is -0.493 e. The zero-order valence-corrected chi connectivity index (χ0v) is 15.7. The molecule has 0 atom stereocenters. The van der Waals surface area contributed by atoms with E-state index in [0.29, 0.717) is 18.1 Å². The number of anilines is 2. The van der Waals surface area contributed by atoms with Crippen molar-refractivity contribution in [2.45, 2.75) is 18.4 Å². The van der Waals surface area contributed by atoms with E-state index in [9.17, 15) is 0 Å². The number of fused-ring (bicyclic) bond motifs is 2. The summed E-state index contributed by atoms with van der Waals surface area (Å²) >= 11 is 0. The number of pyridine rings is 1. The van der Waals surface area contributed by atoms with E-state index in [1.807, 2.05) is 24.4 Å². The van der Waals surface area contributed by atoms with Crippen LogP contribution in [0.25, 0.3) is 21.8 Å². The maximum absolute atomic E-state index is 6.15. The first-order chi connectivity index (χ1) is 13.6. The average molecular weight is 374 g/mol. The number of aromatic amines is 1. The lowest BCUT2D eigenvalue weighted by Crippen LogP contribution is -2.29. The number of rotatable bonds is 6. The van der Waals surface area contributed by atoms with Crippen LogP contribution in [0.5, 0.6) is 11.5 Å². The first-order valence-corrected chi connectivity index (χ1v) is 9.36. The molecule has 28 heavy (non-hydrogen) atoms. The molecule has 142 valence electrons. The first-order valence-electron chi connectivity index (χ1n) is 9.36. The highest BCUT2D eigenvalue weighted by molar-refractivity contribution is 5.95. The molecule has 1 saturated carbocycles. The standard InChI is InChI=1S/C22H22N4O2/c1-27-20-11-16-18(26-15-2-3-17-14(10-15)4-8-24-17)5-9-25-19(16)12-21(20)28-13-22(23)6-7-22/h2-5,8-12,24H,6-7,13,23H2,1H3,(H,25,26). The largest absolute Gasteiger partial charge is 0.493 e. The first kappa shape index (κ1) is 16.9. The Bertz CT molecular complexity index is 1160. The lowest BCUT2D eigenvalue weighted by Gasteiger charge is -2.16. The van der Waals surface area contributed by atoms with E-state index >= 15 is 0 Å². The Balaban J connectivity index is 1.50. The summed E-state index contributed by atoms with van der Waals surface area (Å²) in [5.41, 5.74) is 9.88. The zero-order chi connectivity index (χ0) is 19.1. The number of nitrogens with two attached hydrogens (primary N) is 1. The second-order valence-corrected chi connectivity index (χ2v) is 7.43. The number of H-pyrrole nitrogens is 1. The molecule has 0 amide bonds. The van der Waals surface area contributed by atoms with Crippen LogP contribution in [0.1, 0.15) is 12.8 Å². The van der Waals surface area contributed by atoms with Crippen LogP contribution in [0.15, 0.2) is 54.9 Å². The molecule has 0 radical (unpaired) electrons. The molecule has 2 aromatic heterocycles. The van der Waals surface area contributed by atoms with Gasteiger partial charge in [-0.1, -0.05) is 0 Å². The van der Waals surface area contributed by atoms with Crippen molar-refractivity contribution in [3.05, 3.63) is 54.9 Å². The van der Waals surface area contributed by atoms with Gasteiger partial charge in [-0.15, -0.1) is 0 Å². The van der Waals surface area contributed by atoms with Gasteiger partial charge >= 0.3 is 0 Å². The summed E-state index contributed by atoms with van der Waals surface area (Å²) < 4.78 is 11.5. The van der Waals surface area contributed by atoms with Crippen molar-refractivity contribution in [1.82, 2.24) is 9.97 Å². The molecule has 2 aromatic carbocycles. The maximum Gasteiger partial charge on any atom is 0.163 e. The van der Waals surface area contributed by atoms with Gasteiger partial charge in [-0.3, -0.25) is 4.98 Å². The summed E-state index contributed by atoms with van der Waals surface area (Å²) in [6.07, 6.45) is 5.73. The molecule has 4 N–H and O–H groups in total. The van der Waals surface area contributed by atoms with Crippen molar-refractivity contribution in [2.24, 2.45) is 5.73 Å². The van der Waals surface area contributed by atoms with Gasteiger partial charge in [0.2, 0.25) is 0 Å². The molecule has 0 spiro atoms. The van der Waals surface area contributed by atoms with Crippen molar-refractivity contribution in [2.75, 3.05) is 19.0 Å². The normalized spacial score (nSPS) is 14.9. The third-order valence-corrected chi connectivity index (χ3v) is 5.27. The lowest BCUT2D eigenvalue weighted by molar-refractivity contribution is 0.264. The van der Waals surface area contributed by atoms with E-state index in [-0.39, 0.29) is 5.54 Å². The Kier molecular flexibility index (Phi) is 3.87. The third-order valence-electron chi connectivity index (χ3n) is 5.27. The number of ether oxygens (including phenoxy) is 2. The number of aromatic nitrogens is 2. The maximum atomic E-state index is 6.15. The van der Waals surface area contributed by atoms with E-state index in [1.54, 1.807) is 13.3 Å². The van der Waals surface area contributed by atoms with Gasteiger partial charge in [0.05, 0.1) is 18.2 Å². The van der Waals surface area contributed by atoms with Crippen molar-refractivity contribution in [3.63, 3.8) is 0 Å². The summed E-state index contributed by atoms with van der Waals surface area (Å²) in [5.74, 6) is 1.35. The molecule has 5 rings (SSSR count). The second-order valence-electron chi connectivity index (χ2n) is 7.43. The Morgan fingerprint density at radius 3 is 2.86 bits per heavy atom. The minimum absolute atomic E-state index is 0.187. The van der Waals surface area contributed by atoms with Crippen LogP contribution in [-0.4, -0.2) is 29.2 Å². The van der Waals surface area contributed by atoms with Crippen LogP contribution >= 0.6 is 0 Å². The minimum atomic E-state index is -0.187. The summed E-state index contributed by atoms with van der Waals surface area (Å²) in [6.45, 7) is 0.490. The van der Waals surface area contributed by atoms with Crippen LogP contribution in [0, 0.1) is 0 Å². The van der Waals surface area contributed by atoms with Gasteiger partial charge in [0.25, 0.3) is 0 Å². The van der Waals surface area contributed by atoms with Crippen molar-refractivity contribution in [3.8, 4) is 11.5 Å². The van der Waals surface area contributed by atoms with Crippen LogP contribution in [0.3, 0.4) is 0 Å². The highest BCUT2D eigenvalue weighted by atomic mass is 16.5. The van der Waals surface area contributed by atoms with Crippen molar-refractivity contribution in [1.29, 1.82) is 0 Å². The molecule has 0 unspecified atom stereocenters. The van der Waals surface area contributed by atoms with Gasteiger partial charge in [-0.05, 0) is 49.2 Å². The molecule has 0 saturated heterocycles. The molecular formula is C22H22N4O2. The summed E-state index contributed by atoms with van der Waals surface area (Å²) in [5, 5.41) is 5.62. The summed E-state index contributed by atoms with van der Waals surface area (Å²) in [6, 6.07) is 14.1. The summed E-state index contributed by atoms with van der Waals surface area (Å²) in [7, 11) is 1.65. The molecule has 1 aliphatic rings. The Morgan fingerprint density at radius 1 is 1.14 bits per heavy atom. The van der Waals surface area contributed by atoms with Gasteiger partial charge in [0.15, 0.2) is 11.5 Å². The smallest absolute Gasteiger partial charge is 0.163 e. The summed E-state index contributed by atoms with van der Waals surface area (Å²) in [4.78, 5) is 7.72. The molecule has 0 aliphatic heterocycles. The molecule has 0 bridgehead atoms. The topological polar surface area (TPSA) is 85.2 Å². The number of nitrogens with one attached hydrogen (secondary N) is 2. The van der Waals surface area contributed by atoms with E-state index < -0.39 is 0 Å². The molecular weight excluding hydrogens is 352 g/mol. The van der Waals surface area contributed by atoms with E-state index in [2.05, 4.69) is 39.6 Å². The molecule has 1 fully saturated rings. The molecule has 2 heterocycles. The predicted octanol–water partition coefficient (Wildman–Crippen LogP) is 4.34. The zero-order valence-electron chi connectivity index (χ0n) is 15.7. The van der Waals surface area contributed by atoms with Crippen LogP contribution in [0.2, 0.25) is 0 Å². The average Bonchev–Trinajstić information content (AvgIpc) is 3.26. The van der Waals surface area contributed by atoms with Crippen molar-refractivity contribution >= 4 is 33.2 Å².